The number of furan rings is 1. The number of rotatable bonds is 4. The van der Waals surface area contributed by atoms with Gasteiger partial charge in [-0.15, -0.1) is 0 Å². The van der Waals surface area contributed by atoms with Gasteiger partial charge < -0.3 is 14.5 Å². The number of fused-ring (bicyclic) bond motifs is 1. The average molecular weight is 385 g/mol. The van der Waals surface area contributed by atoms with Crippen molar-refractivity contribution in [3.8, 4) is 22.9 Å². The van der Waals surface area contributed by atoms with Gasteiger partial charge in [-0.2, -0.15) is 5.10 Å². The molecule has 1 aliphatic rings. The van der Waals surface area contributed by atoms with E-state index in [1.54, 1.807) is 23.1 Å². The number of ether oxygens (including phenoxy) is 1. The number of para-hydroxylation sites is 2. The molecule has 3 heterocycles. The molecule has 0 bridgehead atoms. The molecule has 1 N–H and O–H groups in total. The van der Waals surface area contributed by atoms with Gasteiger partial charge in [0.05, 0.1) is 24.6 Å². The molecule has 0 saturated heterocycles. The number of carbonyl (C=O) groups excluding carboxylic acids is 1. The minimum Gasteiger partial charge on any atom is -0.493 e. The standard InChI is InChI=1S/C23H19N3O3/c27-23(24-18-12-14-29-21-10-5-4-9-17(18)21)20-15-19(22-11-6-13-28-22)25-26(20)16-7-2-1-3-8-16/h1-11,13,15,18H,12,14H2,(H,24,27)/t18-/m0/s1. The summed E-state index contributed by atoms with van der Waals surface area (Å²) in [5.41, 5.74) is 2.86. The highest BCUT2D eigenvalue weighted by Gasteiger charge is 2.25. The SMILES string of the molecule is O=C(N[C@H]1CCOc2ccccc21)c1cc(-c2ccco2)nn1-c1ccccc1. The fraction of sp³-hybridized carbons (Fsp3) is 0.130. The van der Waals surface area contributed by atoms with Crippen LogP contribution in [0.2, 0.25) is 0 Å². The quantitative estimate of drug-likeness (QED) is 0.566. The average Bonchev–Trinajstić information content (AvgIpc) is 3.45. The molecule has 0 unspecified atom stereocenters. The molecule has 0 saturated carbocycles. The van der Waals surface area contributed by atoms with Crippen molar-refractivity contribution < 1.29 is 13.9 Å². The third kappa shape index (κ3) is 3.29. The number of hydrogen-bond acceptors (Lipinski definition) is 4. The van der Waals surface area contributed by atoms with Crippen molar-refractivity contribution >= 4 is 5.91 Å². The molecule has 2 aromatic carbocycles. The zero-order valence-electron chi connectivity index (χ0n) is 15.6. The van der Waals surface area contributed by atoms with E-state index in [4.69, 9.17) is 9.15 Å². The summed E-state index contributed by atoms with van der Waals surface area (Å²) in [6.07, 6.45) is 2.31. The first-order chi connectivity index (χ1) is 14.3. The Morgan fingerprint density at radius 2 is 1.86 bits per heavy atom. The minimum absolute atomic E-state index is 0.112. The maximum Gasteiger partial charge on any atom is 0.270 e. The van der Waals surface area contributed by atoms with Crippen LogP contribution in [-0.2, 0) is 0 Å². The van der Waals surface area contributed by atoms with E-state index >= 15 is 0 Å². The van der Waals surface area contributed by atoms with Crippen LogP contribution in [0.25, 0.3) is 17.1 Å². The van der Waals surface area contributed by atoms with Crippen LogP contribution in [0.4, 0.5) is 0 Å². The van der Waals surface area contributed by atoms with Crippen LogP contribution in [0.3, 0.4) is 0 Å². The second-order valence-corrected chi connectivity index (χ2v) is 6.84. The third-order valence-electron chi connectivity index (χ3n) is 4.98. The van der Waals surface area contributed by atoms with E-state index in [1.807, 2.05) is 60.7 Å². The molecule has 6 nitrogen and oxygen atoms in total. The van der Waals surface area contributed by atoms with Crippen molar-refractivity contribution in [2.45, 2.75) is 12.5 Å². The van der Waals surface area contributed by atoms with Crippen molar-refractivity contribution in [3.05, 3.63) is 90.3 Å². The first-order valence-corrected chi connectivity index (χ1v) is 9.51. The lowest BCUT2D eigenvalue weighted by atomic mass is 10.0. The maximum absolute atomic E-state index is 13.3. The van der Waals surface area contributed by atoms with Gasteiger partial charge in [-0.3, -0.25) is 4.79 Å². The lowest BCUT2D eigenvalue weighted by Crippen LogP contribution is -2.33. The Balaban J connectivity index is 1.51. The summed E-state index contributed by atoms with van der Waals surface area (Å²) in [7, 11) is 0. The number of nitrogens with one attached hydrogen (secondary N) is 1. The lowest BCUT2D eigenvalue weighted by molar-refractivity contribution is 0.0917. The molecular weight excluding hydrogens is 366 g/mol. The van der Waals surface area contributed by atoms with Gasteiger partial charge in [0.2, 0.25) is 0 Å². The van der Waals surface area contributed by atoms with Gasteiger partial charge >= 0.3 is 0 Å². The zero-order chi connectivity index (χ0) is 19.6. The fourth-order valence-electron chi connectivity index (χ4n) is 3.58. The van der Waals surface area contributed by atoms with Gasteiger partial charge in [-0.05, 0) is 30.3 Å². The number of hydrogen-bond donors (Lipinski definition) is 1. The summed E-state index contributed by atoms with van der Waals surface area (Å²) in [5.74, 6) is 1.24. The molecule has 1 aliphatic heterocycles. The van der Waals surface area contributed by atoms with E-state index in [0.717, 1.165) is 17.0 Å². The molecular formula is C23H19N3O3. The van der Waals surface area contributed by atoms with E-state index < -0.39 is 0 Å². The molecule has 0 radical (unpaired) electrons. The third-order valence-corrected chi connectivity index (χ3v) is 4.98. The Labute approximate surface area is 167 Å². The Morgan fingerprint density at radius 1 is 1.03 bits per heavy atom. The van der Waals surface area contributed by atoms with E-state index in [-0.39, 0.29) is 11.9 Å². The predicted octanol–water partition coefficient (Wildman–Crippen LogP) is 4.39. The summed E-state index contributed by atoms with van der Waals surface area (Å²) in [4.78, 5) is 13.3. The van der Waals surface area contributed by atoms with Gasteiger partial charge in [0, 0.05) is 18.1 Å². The largest absolute Gasteiger partial charge is 0.493 e. The highest BCUT2D eigenvalue weighted by Crippen LogP contribution is 2.32. The smallest absolute Gasteiger partial charge is 0.270 e. The van der Waals surface area contributed by atoms with Gasteiger partial charge in [0.15, 0.2) is 5.76 Å². The van der Waals surface area contributed by atoms with Crippen LogP contribution in [-0.4, -0.2) is 22.3 Å². The van der Waals surface area contributed by atoms with Crippen molar-refractivity contribution in [3.63, 3.8) is 0 Å². The summed E-state index contributed by atoms with van der Waals surface area (Å²) in [5, 5.41) is 7.77. The fourth-order valence-corrected chi connectivity index (χ4v) is 3.58. The number of nitrogens with zero attached hydrogens (tertiary/aromatic N) is 2. The Morgan fingerprint density at radius 3 is 2.69 bits per heavy atom. The van der Waals surface area contributed by atoms with Crippen molar-refractivity contribution in [1.29, 1.82) is 0 Å². The van der Waals surface area contributed by atoms with E-state index in [2.05, 4.69) is 10.4 Å². The molecule has 144 valence electrons. The maximum atomic E-state index is 13.3. The number of carbonyl (C=O) groups is 1. The molecule has 29 heavy (non-hydrogen) atoms. The highest BCUT2D eigenvalue weighted by molar-refractivity contribution is 5.94. The van der Waals surface area contributed by atoms with Gasteiger partial charge in [0.1, 0.15) is 17.1 Å². The molecule has 1 atom stereocenters. The predicted molar refractivity (Wildman–Crippen MR) is 108 cm³/mol. The second kappa shape index (κ2) is 7.31. The Bertz CT molecular complexity index is 1130. The molecule has 4 aromatic rings. The molecule has 0 aliphatic carbocycles. The molecule has 1 amide bonds. The molecule has 2 aromatic heterocycles. The van der Waals surface area contributed by atoms with Crippen LogP contribution < -0.4 is 10.1 Å². The van der Waals surface area contributed by atoms with Crippen LogP contribution in [0.5, 0.6) is 5.75 Å². The number of benzene rings is 2. The van der Waals surface area contributed by atoms with Crippen LogP contribution in [0.15, 0.2) is 83.5 Å². The zero-order valence-corrected chi connectivity index (χ0v) is 15.6. The molecule has 5 rings (SSSR count). The van der Waals surface area contributed by atoms with E-state index in [9.17, 15) is 4.79 Å². The van der Waals surface area contributed by atoms with Crippen molar-refractivity contribution in [1.82, 2.24) is 15.1 Å². The van der Waals surface area contributed by atoms with E-state index in [1.165, 1.54) is 0 Å². The lowest BCUT2D eigenvalue weighted by Gasteiger charge is -2.26. The highest BCUT2D eigenvalue weighted by atomic mass is 16.5. The summed E-state index contributed by atoms with van der Waals surface area (Å²) < 4.78 is 12.8. The Kier molecular flexibility index (Phi) is 4.37. The van der Waals surface area contributed by atoms with Gasteiger partial charge in [-0.1, -0.05) is 36.4 Å². The molecule has 0 spiro atoms. The van der Waals surface area contributed by atoms with Gasteiger partial charge in [-0.25, -0.2) is 4.68 Å². The summed E-state index contributed by atoms with van der Waals surface area (Å²) >= 11 is 0. The first-order valence-electron chi connectivity index (χ1n) is 9.51. The first kappa shape index (κ1) is 17.3. The van der Waals surface area contributed by atoms with Crippen molar-refractivity contribution in [2.24, 2.45) is 0 Å². The minimum atomic E-state index is -0.194. The van der Waals surface area contributed by atoms with E-state index in [0.29, 0.717) is 30.2 Å². The van der Waals surface area contributed by atoms with Gasteiger partial charge in [0.25, 0.3) is 5.91 Å². The van der Waals surface area contributed by atoms with Crippen LogP contribution in [0.1, 0.15) is 28.5 Å². The molecule has 6 heteroatoms. The van der Waals surface area contributed by atoms with Crippen LogP contribution in [0, 0.1) is 0 Å². The topological polar surface area (TPSA) is 69.3 Å². The monoisotopic (exact) mass is 385 g/mol. The summed E-state index contributed by atoms with van der Waals surface area (Å²) in [6, 6.07) is 22.7. The summed E-state index contributed by atoms with van der Waals surface area (Å²) in [6.45, 7) is 0.567. The normalized spacial score (nSPS) is 15.4. The molecule has 0 fully saturated rings. The Hall–Kier alpha value is -3.80. The number of aromatic nitrogens is 2. The second-order valence-electron chi connectivity index (χ2n) is 6.84. The van der Waals surface area contributed by atoms with Crippen LogP contribution >= 0.6 is 0 Å². The van der Waals surface area contributed by atoms with Crippen molar-refractivity contribution in [2.75, 3.05) is 6.61 Å². The number of amides is 1.